The Bertz CT molecular complexity index is 1060. The molecule has 1 amide bonds. The van der Waals surface area contributed by atoms with Gasteiger partial charge in [-0.3, -0.25) is 9.59 Å². The number of unbranched alkanes of at least 4 members (excludes halogenated alkanes) is 42. The summed E-state index contributed by atoms with van der Waals surface area (Å²) < 4.78 is 5.45. The molecular weight excluding hydrogens is 839 g/mol. The minimum atomic E-state index is -0.675. The average Bonchev–Trinajstić information content (AvgIpc) is 3.34. The Labute approximate surface area is 424 Å². The van der Waals surface area contributed by atoms with Gasteiger partial charge < -0.3 is 20.3 Å². The molecule has 68 heavy (non-hydrogen) atoms. The zero-order valence-corrected chi connectivity index (χ0v) is 45.9. The minimum absolute atomic E-state index is 0.0133. The van der Waals surface area contributed by atoms with Crippen molar-refractivity contribution in [3.05, 3.63) is 24.3 Å². The molecule has 0 aromatic rings. The normalized spacial score (nSPS) is 12.7. The maximum absolute atomic E-state index is 12.5. The van der Waals surface area contributed by atoms with Gasteiger partial charge in [0.25, 0.3) is 0 Å². The molecule has 402 valence electrons. The van der Waals surface area contributed by atoms with Crippen LogP contribution in [0.15, 0.2) is 24.3 Å². The van der Waals surface area contributed by atoms with E-state index in [9.17, 15) is 19.8 Å². The highest BCUT2D eigenvalue weighted by molar-refractivity contribution is 5.76. The van der Waals surface area contributed by atoms with Crippen molar-refractivity contribution in [1.29, 1.82) is 0 Å². The fraction of sp³-hybridized carbons (Fsp3) is 0.903. The van der Waals surface area contributed by atoms with E-state index in [2.05, 4.69) is 43.5 Å². The van der Waals surface area contributed by atoms with Crippen LogP contribution in [0.5, 0.6) is 0 Å². The number of carbonyl (C=O) groups excluding carboxylic acids is 2. The fourth-order valence-electron chi connectivity index (χ4n) is 9.55. The Kier molecular flexibility index (Phi) is 56.5. The molecule has 0 rings (SSSR count). The third kappa shape index (κ3) is 53.7. The Hall–Kier alpha value is -1.66. The van der Waals surface area contributed by atoms with Gasteiger partial charge in [0.2, 0.25) is 5.91 Å². The number of hydrogen-bond donors (Lipinski definition) is 3. The predicted octanol–water partition coefficient (Wildman–Crippen LogP) is 19.0. The minimum Gasteiger partial charge on any atom is -0.466 e. The van der Waals surface area contributed by atoms with Crippen LogP contribution in [0.1, 0.15) is 335 Å². The number of aliphatic hydroxyl groups is 2. The second-order valence-corrected chi connectivity index (χ2v) is 21.0. The van der Waals surface area contributed by atoms with Gasteiger partial charge in [0.15, 0.2) is 0 Å². The second kappa shape index (κ2) is 57.9. The first-order valence-corrected chi connectivity index (χ1v) is 30.6. The highest BCUT2D eigenvalue weighted by Gasteiger charge is 2.20. The second-order valence-electron chi connectivity index (χ2n) is 21.0. The van der Waals surface area contributed by atoms with Crippen LogP contribution < -0.4 is 5.32 Å². The fourth-order valence-corrected chi connectivity index (χ4v) is 9.55. The van der Waals surface area contributed by atoms with Crippen LogP contribution in [-0.2, 0) is 14.3 Å². The van der Waals surface area contributed by atoms with Crippen LogP contribution in [0.2, 0.25) is 0 Å². The van der Waals surface area contributed by atoms with Gasteiger partial charge in [0.1, 0.15) is 0 Å². The molecule has 0 aliphatic rings. The first-order valence-electron chi connectivity index (χ1n) is 30.6. The van der Waals surface area contributed by atoms with Crippen LogP contribution in [0.3, 0.4) is 0 Å². The number of ether oxygens (including phenoxy) is 1. The Balaban J connectivity index is 3.49. The van der Waals surface area contributed by atoms with Gasteiger partial charge in [-0.2, -0.15) is 0 Å². The summed E-state index contributed by atoms with van der Waals surface area (Å²) in [4.78, 5) is 24.5. The van der Waals surface area contributed by atoms with Crippen LogP contribution in [0.4, 0.5) is 0 Å². The lowest BCUT2D eigenvalue weighted by Crippen LogP contribution is -2.45. The molecule has 0 bridgehead atoms. The largest absolute Gasteiger partial charge is 0.466 e. The van der Waals surface area contributed by atoms with E-state index in [4.69, 9.17) is 4.74 Å². The lowest BCUT2D eigenvalue weighted by atomic mass is 10.0. The van der Waals surface area contributed by atoms with E-state index in [0.29, 0.717) is 25.9 Å². The van der Waals surface area contributed by atoms with E-state index >= 15 is 0 Å². The molecule has 0 aliphatic heterocycles. The van der Waals surface area contributed by atoms with Gasteiger partial charge in [-0.05, 0) is 64.2 Å². The van der Waals surface area contributed by atoms with Crippen LogP contribution in [-0.4, -0.2) is 47.4 Å². The number of esters is 1. The number of rotatable bonds is 57. The SMILES string of the molecule is CCCCCCCCCCCCCCCCCCCCCCCC(O)C(CO)NC(=O)CCCCCCCCC/C=C\C/C=C\CCCCCOC(=O)CCCCCCCCCCCCCCC. The summed E-state index contributed by atoms with van der Waals surface area (Å²) in [6.07, 6.45) is 70.4. The molecule has 0 heterocycles. The predicted molar refractivity (Wildman–Crippen MR) is 296 cm³/mol. The van der Waals surface area contributed by atoms with Gasteiger partial charge in [-0.1, -0.05) is 282 Å². The smallest absolute Gasteiger partial charge is 0.305 e. The first-order chi connectivity index (χ1) is 33.5. The van der Waals surface area contributed by atoms with Gasteiger partial charge in [-0.15, -0.1) is 0 Å². The summed E-state index contributed by atoms with van der Waals surface area (Å²) in [5.74, 6) is -0.0612. The quantitative estimate of drug-likeness (QED) is 0.0321. The topological polar surface area (TPSA) is 95.9 Å². The number of allylic oxidation sites excluding steroid dienone is 4. The molecule has 0 fully saturated rings. The molecular formula is C62H119NO5. The zero-order valence-electron chi connectivity index (χ0n) is 45.9. The third-order valence-electron chi connectivity index (χ3n) is 14.3. The van der Waals surface area contributed by atoms with Crippen LogP contribution in [0.25, 0.3) is 0 Å². The summed E-state index contributed by atoms with van der Waals surface area (Å²) in [7, 11) is 0. The molecule has 3 N–H and O–H groups in total. The Morgan fingerprint density at radius 1 is 0.412 bits per heavy atom. The molecule has 0 aromatic heterocycles. The van der Waals surface area contributed by atoms with Crippen molar-refractivity contribution >= 4 is 11.9 Å². The number of carbonyl (C=O) groups is 2. The first kappa shape index (κ1) is 66.3. The van der Waals surface area contributed by atoms with Crippen molar-refractivity contribution in [3.63, 3.8) is 0 Å². The number of amides is 1. The van der Waals surface area contributed by atoms with E-state index in [-0.39, 0.29) is 18.5 Å². The lowest BCUT2D eigenvalue weighted by molar-refractivity contribution is -0.143. The summed E-state index contributed by atoms with van der Waals surface area (Å²) in [6.45, 7) is 4.93. The summed E-state index contributed by atoms with van der Waals surface area (Å²) >= 11 is 0. The molecule has 6 nitrogen and oxygen atoms in total. The van der Waals surface area contributed by atoms with Gasteiger partial charge in [-0.25, -0.2) is 0 Å². The molecule has 0 aromatic carbocycles. The zero-order chi connectivity index (χ0) is 49.3. The van der Waals surface area contributed by atoms with E-state index < -0.39 is 12.1 Å². The number of hydrogen-bond acceptors (Lipinski definition) is 5. The van der Waals surface area contributed by atoms with E-state index in [1.165, 1.54) is 218 Å². The monoisotopic (exact) mass is 958 g/mol. The maximum Gasteiger partial charge on any atom is 0.305 e. The highest BCUT2D eigenvalue weighted by Crippen LogP contribution is 2.18. The molecule has 0 saturated carbocycles. The van der Waals surface area contributed by atoms with Crippen molar-refractivity contribution < 1.29 is 24.5 Å². The number of aliphatic hydroxyl groups excluding tert-OH is 2. The van der Waals surface area contributed by atoms with E-state index in [1.54, 1.807) is 0 Å². The molecule has 0 radical (unpaired) electrons. The van der Waals surface area contributed by atoms with Crippen molar-refractivity contribution in [2.45, 2.75) is 347 Å². The molecule has 2 unspecified atom stereocenters. The lowest BCUT2D eigenvalue weighted by Gasteiger charge is -2.22. The molecule has 0 spiro atoms. The standard InChI is InChI=1S/C62H119NO5/c1-3-5-7-9-11-13-15-17-18-19-20-21-22-24-27-31-34-38-42-46-50-54-60(65)59(58-64)63-61(66)55-51-47-43-39-35-32-28-25-23-26-29-33-37-41-45-49-53-57-68-62(67)56-52-48-44-40-36-30-16-14-12-10-8-6-4-2/h23,26,33,37,59-60,64-65H,3-22,24-25,27-32,34-36,38-58H2,1-2H3,(H,63,66)/b26-23-,37-33-. The average molecular weight is 959 g/mol. The Morgan fingerprint density at radius 3 is 1.12 bits per heavy atom. The summed E-state index contributed by atoms with van der Waals surface area (Å²) in [5, 5.41) is 23.3. The molecule has 6 heteroatoms. The molecule has 0 aliphatic carbocycles. The maximum atomic E-state index is 12.5. The van der Waals surface area contributed by atoms with Gasteiger partial charge in [0.05, 0.1) is 25.4 Å². The van der Waals surface area contributed by atoms with Gasteiger partial charge in [0, 0.05) is 12.8 Å². The van der Waals surface area contributed by atoms with Gasteiger partial charge >= 0.3 is 5.97 Å². The van der Waals surface area contributed by atoms with Crippen molar-refractivity contribution in [3.8, 4) is 0 Å². The Morgan fingerprint density at radius 2 is 0.735 bits per heavy atom. The highest BCUT2D eigenvalue weighted by atomic mass is 16.5. The van der Waals surface area contributed by atoms with Crippen molar-refractivity contribution in [2.75, 3.05) is 13.2 Å². The van der Waals surface area contributed by atoms with Crippen molar-refractivity contribution in [2.24, 2.45) is 0 Å². The third-order valence-corrected chi connectivity index (χ3v) is 14.3. The van der Waals surface area contributed by atoms with Crippen molar-refractivity contribution in [1.82, 2.24) is 5.32 Å². The van der Waals surface area contributed by atoms with Crippen LogP contribution >= 0.6 is 0 Å². The summed E-state index contributed by atoms with van der Waals surface area (Å²) in [5.41, 5.74) is 0. The van der Waals surface area contributed by atoms with Crippen LogP contribution in [0, 0.1) is 0 Å². The van der Waals surface area contributed by atoms with E-state index in [1.807, 2.05) is 0 Å². The molecule has 2 atom stereocenters. The van der Waals surface area contributed by atoms with E-state index in [0.717, 1.165) is 83.5 Å². The molecule has 0 saturated heterocycles. The summed E-state index contributed by atoms with van der Waals surface area (Å²) in [6, 6.07) is -0.554. The number of nitrogens with one attached hydrogen (secondary N) is 1.